The molecule has 0 aromatic heterocycles. The third-order valence-corrected chi connectivity index (χ3v) is 4.07. The van der Waals surface area contributed by atoms with E-state index in [-0.39, 0.29) is 18.4 Å². The number of hydrogen-bond acceptors (Lipinski definition) is 2. The molecule has 0 fully saturated rings. The molecule has 0 atom stereocenters. The number of likely N-dealkylation sites (N-methyl/N-ethyl adjacent to an activating group) is 2. The predicted molar refractivity (Wildman–Crippen MR) is 83.1 cm³/mol. The van der Waals surface area contributed by atoms with Crippen molar-refractivity contribution in [3.63, 3.8) is 0 Å². The first-order valence-corrected chi connectivity index (χ1v) is 7.52. The molecule has 0 spiro atoms. The van der Waals surface area contributed by atoms with Crippen molar-refractivity contribution in [1.29, 1.82) is 0 Å². The average Bonchev–Trinajstić information content (AvgIpc) is 2.46. The minimum Gasteiger partial charge on any atom is -0.347 e. The molecule has 1 aliphatic rings. The van der Waals surface area contributed by atoms with Crippen LogP contribution in [-0.4, -0.2) is 49.3 Å². The summed E-state index contributed by atoms with van der Waals surface area (Å²) in [6, 6.07) is 6.36. The van der Waals surface area contributed by atoms with Crippen molar-refractivity contribution < 1.29 is 9.59 Å². The number of carbonyl (C=O) groups excluding carboxylic acids is 2. The Balaban J connectivity index is 1.97. The molecule has 0 saturated heterocycles. The Kier molecular flexibility index (Phi) is 4.99. The normalized spacial score (nSPS) is 13.5. The second kappa shape index (κ2) is 6.74. The van der Waals surface area contributed by atoms with Gasteiger partial charge in [0, 0.05) is 21.1 Å². The standard InChI is InChI=1S/C17H24N2O2/c1-18(2)17(21)12-19(3)16(20)11-13-8-9-14-6-4-5-7-15(14)10-13/h8-10H,4-7,11-12H2,1-3H3. The number of rotatable bonds is 4. The van der Waals surface area contributed by atoms with Gasteiger partial charge >= 0.3 is 0 Å². The third kappa shape index (κ3) is 4.06. The van der Waals surface area contributed by atoms with Gasteiger partial charge < -0.3 is 9.80 Å². The molecule has 1 aromatic rings. The van der Waals surface area contributed by atoms with E-state index in [9.17, 15) is 9.59 Å². The summed E-state index contributed by atoms with van der Waals surface area (Å²) in [5, 5.41) is 0. The minimum absolute atomic E-state index is 0.0130. The zero-order chi connectivity index (χ0) is 15.4. The van der Waals surface area contributed by atoms with Crippen molar-refractivity contribution in [2.24, 2.45) is 0 Å². The Morgan fingerprint density at radius 2 is 1.67 bits per heavy atom. The number of fused-ring (bicyclic) bond motifs is 1. The van der Waals surface area contributed by atoms with E-state index in [1.807, 2.05) is 6.07 Å². The van der Waals surface area contributed by atoms with Gasteiger partial charge in [0.2, 0.25) is 11.8 Å². The Labute approximate surface area is 126 Å². The summed E-state index contributed by atoms with van der Waals surface area (Å²) in [6.45, 7) is 0.136. The maximum atomic E-state index is 12.2. The van der Waals surface area contributed by atoms with Crippen LogP contribution in [0.4, 0.5) is 0 Å². The van der Waals surface area contributed by atoms with Gasteiger partial charge in [-0.05, 0) is 42.4 Å². The van der Waals surface area contributed by atoms with Crippen LogP contribution in [0.25, 0.3) is 0 Å². The van der Waals surface area contributed by atoms with Crippen molar-refractivity contribution in [3.8, 4) is 0 Å². The summed E-state index contributed by atoms with van der Waals surface area (Å²) in [7, 11) is 5.08. The zero-order valence-electron chi connectivity index (χ0n) is 13.2. The van der Waals surface area contributed by atoms with Gasteiger partial charge in [-0.25, -0.2) is 0 Å². The second-order valence-corrected chi connectivity index (χ2v) is 6.02. The molecular formula is C17H24N2O2. The van der Waals surface area contributed by atoms with E-state index in [1.54, 1.807) is 21.1 Å². The Bertz CT molecular complexity index is 538. The van der Waals surface area contributed by atoms with Gasteiger partial charge in [0.1, 0.15) is 0 Å². The second-order valence-electron chi connectivity index (χ2n) is 6.02. The van der Waals surface area contributed by atoms with Crippen LogP contribution in [-0.2, 0) is 28.9 Å². The maximum absolute atomic E-state index is 12.2. The van der Waals surface area contributed by atoms with E-state index in [0.717, 1.165) is 18.4 Å². The number of hydrogen-bond donors (Lipinski definition) is 0. The van der Waals surface area contributed by atoms with Crippen molar-refractivity contribution >= 4 is 11.8 Å². The van der Waals surface area contributed by atoms with Crippen LogP contribution in [0.1, 0.15) is 29.5 Å². The summed E-state index contributed by atoms with van der Waals surface area (Å²) in [6.07, 6.45) is 5.14. The van der Waals surface area contributed by atoms with Crippen molar-refractivity contribution in [2.75, 3.05) is 27.7 Å². The molecule has 4 nitrogen and oxygen atoms in total. The molecule has 21 heavy (non-hydrogen) atoms. The summed E-state index contributed by atoms with van der Waals surface area (Å²) < 4.78 is 0. The summed E-state index contributed by atoms with van der Waals surface area (Å²) in [4.78, 5) is 26.8. The molecule has 0 bridgehead atoms. The molecule has 0 saturated carbocycles. The topological polar surface area (TPSA) is 40.6 Å². The molecule has 0 radical (unpaired) electrons. The van der Waals surface area contributed by atoms with Crippen LogP contribution >= 0.6 is 0 Å². The Hall–Kier alpha value is -1.84. The summed E-state index contributed by atoms with van der Waals surface area (Å²) in [5.41, 5.74) is 3.86. The minimum atomic E-state index is -0.0590. The van der Waals surface area contributed by atoms with Crippen molar-refractivity contribution in [3.05, 3.63) is 34.9 Å². The van der Waals surface area contributed by atoms with Crippen LogP contribution in [0.2, 0.25) is 0 Å². The van der Waals surface area contributed by atoms with Gasteiger partial charge in [-0.2, -0.15) is 0 Å². The molecule has 4 heteroatoms. The van der Waals surface area contributed by atoms with E-state index in [4.69, 9.17) is 0 Å². The first kappa shape index (κ1) is 15.5. The molecule has 0 aliphatic heterocycles. The van der Waals surface area contributed by atoms with Gasteiger partial charge in [0.15, 0.2) is 0 Å². The van der Waals surface area contributed by atoms with E-state index >= 15 is 0 Å². The SMILES string of the molecule is CN(C)C(=O)CN(C)C(=O)Cc1ccc2c(c1)CCCC2. The molecule has 0 N–H and O–H groups in total. The largest absolute Gasteiger partial charge is 0.347 e. The van der Waals surface area contributed by atoms with Gasteiger partial charge in [-0.15, -0.1) is 0 Å². The summed E-state index contributed by atoms with van der Waals surface area (Å²) in [5.74, 6) is -0.0720. The van der Waals surface area contributed by atoms with Crippen LogP contribution in [0.5, 0.6) is 0 Å². The predicted octanol–water partition coefficient (Wildman–Crippen LogP) is 1.65. The Morgan fingerprint density at radius 3 is 2.33 bits per heavy atom. The van der Waals surface area contributed by atoms with Gasteiger partial charge in [-0.1, -0.05) is 18.2 Å². The molecule has 0 heterocycles. The number of carbonyl (C=O) groups is 2. The van der Waals surface area contributed by atoms with E-state index < -0.39 is 0 Å². The first-order chi connectivity index (χ1) is 9.97. The van der Waals surface area contributed by atoms with Crippen LogP contribution in [0, 0.1) is 0 Å². The molecule has 2 rings (SSSR count). The lowest BCUT2D eigenvalue weighted by Gasteiger charge is -2.20. The lowest BCUT2D eigenvalue weighted by Crippen LogP contribution is -2.38. The third-order valence-electron chi connectivity index (χ3n) is 4.07. The quantitative estimate of drug-likeness (QED) is 0.845. The van der Waals surface area contributed by atoms with Gasteiger partial charge in [0.25, 0.3) is 0 Å². The van der Waals surface area contributed by atoms with Crippen molar-refractivity contribution in [1.82, 2.24) is 9.80 Å². The van der Waals surface area contributed by atoms with E-state index in [1.165, 1.54) is 33.8 Å². The highest BCUT2D eigenvalue weighted by Gasteiger charge is 2.16. The molecule has 114 valence electrons. The number of amides is 2. The highest BCUT2D eigenvalue weighted by Crippen LogP contribution is 2.22. The number of aryl methyl sites for hydroxylation is 2. The van der Waals surface area contributed by atoms with Crippen LogP contribution in [0.15, 0.2) is 18.2 Å². The highest BCUT2D eigenvalue weighted by molar-refractivity contribution is 5.85. The lowest BCUT2D eigenvalue weighted by molar-refractivity contribution is -0.137. The fourth-order valence-corrected chi connectivity index (χ4v) is 2.64. The molecule has 2 amide bonds. The first-order valence-electron chi connectivity index (χ1n) is 7.52. The molecule has 1 aliphatic carbocycles. The average molecular weight is 288 g/mol. The molecule has 1 aromatic carbocycles. The molecular weight excluding hydrogens is 264 g/mol. The zero-order valence-corrected chi connectivity index (χ0v) is 13.2. The van der Waals surface area contributed by atoms with Gasteiger partial charge in [0.05, 0.1) is 13.0 Å². The molecule has 0 unspecified atom stereocenters. The van der Waals surface area contributed by atoms with E-state index in [2.05, 4.69) is 12.1 Å². The smallest absolute Gasteiger partial charge is 0.241 e. The monoisotopic (exact) mass is 288 g/mol. The van der Waals surface area contributed by atoms with Crippen LogP contribution in [0.3, 0.4) is 0 Å². The Morgan fingerprint density at radius 1 is 1.00 bits per heavy atom. The van der Waals surface area contributed by atoms with Crippen LogP contribution < -0.4 is 0 Å². The fourth-order valence-electron chi connectivity index (χ4n) is 2.64. The van der Waals surface area contributed by atoms with Crippen molar-refractivity contribution in [2.45, 2.75) is 32.1 Å². The fraction of sp³-hybridized carbons (Fsp3) is 0.529. The number of benzene rings is 1. The van der Waals surface area contributed by atoms with Gasteiger partial charge in [-0.3, -0.25) is 9.59 Å². The van der Waals surface area contributed by atoms with E-state index in [0.29, 0.717) is 6.42 Å². The lowest BCUT2D eigenvalue weighted by atomic mass is 9.90. The summed E-state index contributed by atoms with van der Waals surface area (Å²) >= 11 is 0. The number of nitrogens with zero attached hydrogens (tertiary/aromatic N) is 2. The maximum Gasteiger partial charge on any atom is 0.241 e. The highest BCUT2D eigenvalue weighted by atomic mass is 16.2.